The fourth-order valence-electron chi connectivity index (χ4n) is 3.97. The highest BCUT2D eigenvalue weighted by Crippen LogP contribution is 2.26. The molecular weight excluding hydrogens is 380 g/mol. The van der Waals surface area contributed by atoms with Gasteiger partial charge in [0.1, 0.15) is 17.1 Å². The van der Waals surface area contributed by atoms with Crippen LogP contribution in [0, 0.1) is 13.8 Å². The quantitative estimate of drug-likeness (QED) is 0.650. The fourth-order valence-corrected chi connectivity index (χ4v) is 3.97. The van der Waals surface area contributed by atoms with Gasteiger partial charge >= 0.3 is 0 Å². The molecule has 2 aromatic heterocycles. The Kier molecular flexibility index (Phi) is 5.63. The third kappa shape index (κ3) is 3.85. The van der Waals surface area contributed by atoms with Gasteiger partial charge in [-0.2, -0.15) is 0 Å². The number of nitrogens with zero attached hydrogens (tertiary/aromatic N) is 4. The molecule has 30 heavy (non-hydrogen) atoms. The lowest BCUT2D eigenvalue weighted by Crippen LogP contribution is -2.48. The van der Waals surface area contributed by atoms with Gasteiger partial charge in [0.15, 0.2) is 0 Å². The van der Waals surface area contributed by atoms with E-state index >= 15 is 0 Å². The molecule has 1 amide bonds. The number of rotatable bonds is 5. The molecule has 3 heterocycles. The molecule has 1 saturated heterocycles. The molecule has 0 unspecified atom stereocenters. The summed E-state index contributed by atoms with van der Waals surface area (Å²) in [7, 11) is 3.17. The summed E-state index contributed by atoms with van der Waals surface area (Å²) in [6.45, 7) is 7.98. The molecule has 0 aliphatic carbocycles. The number of ether oxygens (including phenoxy) is 2. The first-order valence-corrected chi connectivity index (χ1v) is 10.2. The first-order valence-electron chi connectivity index (χ1n) is 10.2. The zero-order chi connectivity index (χ0) is 21.3. The molecule has 0 atom stereocenters. The maximum Gasteiger partial charge on any atom is 0.257 e. The molecule has 1 aromatic carbocycles. The SMILES string of the molecule is COc1ccc(C(=O)N2CCN(Cc3c(C)nc4cc(C)ccn34)CC2)c(OC)c1. The van der Waals surface area contributed by atoms with Crippen LogP contribution < -0.4 is 9.47 Å². The molecular formula is C23H28N4O3. The number of fused-ring (bicyclic) bond motifs is 1. The smallest absolute Gasteiger partial charge is 0.257 e. The second-order valence-electron chi connectivity index (χ2n) is 7.71. The van der Waals surface area contributed by atoms with Gasteiger partial charge in [-0.3, -0.25) is 9.69 Å². The first-order chi connectivity index (χ1) is 14.5. The van der Waals surface area contributed by atoms with Crippen molar-refractivity contribution in [2.24, 2.45) is 0 Å². The minimum absolute atomic E-state index is 0.00406. The molecule has 0 radical (unpaired) electrons. The number of carbonyl (C=O) groups excluding carboxylic acids is 1. The van der Waals surface area contributed by atoms with E-state index in [9.17, 15) is 4.79 Å². The van der Waals surface area contributed by atoms with Crippen molar-refractivity contribution in [2.45, 2.75) is 20.4 Å². The molecule has 0 N–H and O–H groups in total. The number of hydrogen-bond donors (Lipinski definition) is 0. The van der Waals surface area contributed by atoms with Crippen molar-refractivity contribution in [3.05, 3.63) is 59.0 Å². The van der Waals surface area contributed by atoms with Crippen LogP contribution >= 0.6 is 0 Å². The van der Waals surface area contributed by atoms with Gasteiger partial charge in [0, 0.05) is 45.0 Å². The predicted octanol–water partition coefficient (Wildman–Crippen LogP) is 2.93. The van der Waals surface area contributed by atoms with E-state index in [4.69, 9.17) is 14.5 Å². The van der Waals surface area contributed by atoms with E-state index in [-0.39, 0.29) is 5.91 Å². The monoisotopic (exact) mass is 408 g/mol. The van der Waals surface area contributed by atoms with Crippen LogP contribution in [0.15, 0.2) is 36.5 Å². The van der Waals surface area contributed by atoms with E-state index in [1.807, 2.05) is 4.90 Å². The average Bonchev–Trinajstić information content (AvgIpc) is 3.07. The molecule has 3 aromatic rings. The van der Waals surface area contributed by atoms with Crippen molar-refractivity contribution in [2.75, 3.05) is 40.4 Å². The molecule has 1 aliphatic rings. The van der Waals surface area contributed by atoms with Crippen molar-refractivity contribution < 1.29 is 14.3 Å². The minimum Gasteiger partial charge on any atom is -0.497 e. The molecule has 4 rings (SSSR count). The summed E-state index contributed by atoms with van der Waals surface area (Å²) in [6, 6.07) is 9.53. The number of methoxy groups -OCH3 is 2. The lowest BCUT2D eigenvalue weighted by Gasteiger charge is -2.35. The number of aromatic nitrogens is 2. The zero-order valence-corrected chi connectivity index (χ0v) is 18.0. The van der Waals surface area contributed by atoms with E-state index in [2.05, 4.69) is 41.5 Å². The van der Waals surface area contributed by atoms with Crippen LogP contribution in [0.1, 0.15) is 27.3 Å². The van der Waals surface area contributed by atoms with Gasteiger partial charge in [0.25, 0.3) is 5.91 Å². The minimum atomic E-state index is -0.00406. The van der Waals surface area contributed by atoms with E-state index < -0.39 is 0 Å². The van der Waals surface area contributed by atoms with E-state index in [0.29, 0.717) is 30.2 Å². The van der Waals surface area contributed by atoms with Crippen LogP contribution in [0.4, 0.5) is 0 Å². The Hall–Kier alpha value is -3.06. The Bertz CT molecular complexity index is 1070. The Morgan fingerprint density at radius 1 is 1.03 bits per heavy atom. The predicted molar refractivity (Wildman–Crippen MR) is 115 cm³/mol. The van der Waals surface area contributed by atoms with Gasteiger partial charge in [0.05, 0.1) is 31.2 Å². The number of pyridine rings is 1. The highest BCUT2D eigenvalue weighted by Gasteiger charge is 2.25. The molecule has 1 fully saturated rings. The van der Waals surface area contributed by atoms with Crippen molar-refractivity contribution in [1.29, 1.82) is 0 Å². The number of piperazine rings is 1. The zero-order valence-electron chi connectivity index (χ0n) is 18.0. The number of benzene rings is 1. The van der Waals surface area contributed by atoms with Gasteiger partial charge in [-0.05, 0) is 43.7 Å². The Balaban J connectivity index is 1.43. The van der Waals surface area contributed by atoms with Crippen LogP contribution in [0.2, 0.25) is 0 Å². The number of aryl methyl sites for hydroxylation is 2. The Labute approximate surface area is 176 Å². The van der Waals surface area contributed by atoms with Gasteiger partial charge in [-0.1, -0.05) is 0 Å². The van der Waals surface area contributed by atoms with Crippen molar-refractivity contribution >= 4 is 11.6 Å². The van der Waals surface area contributed by atoms with Gasteiger partial charge < -0.3 is 18.8 Å². The third-order valence-electron chi connectivity index (χ3n) is 5.75. The van der Waals surface area contributed by atoms with Crippen LogP contribution in [-0.2, 0) is 6.54 Å². The van der Waals surface area contributed by atoms with Crippen LogP contribution in [0.3, 0.4) is 0 Å². The normalized spacial score (nSPS) is 14.9. The second-order valence-corrected chi connectivity index (χ2v) is 7.71. The second kappa shape index (κ2) is 8.36. The maximum atomic E-state index is 13.0. The summed E-state index contributed by atoms with van der Waals surface area (Å²) in [5.74, 6) is 1.21. The molecule has 158 valence electrons. The van der Waals surface area contributed by atoms with Crippen molar-refractivity contribution in [3.63, 3.8) is 0 Å². The Morgan fingerprint density at radius 3 is 2.50 bits per heavy atom. The van der Waals surface area contributed by atoms with Gasteiger partial charge in [-0.25, -0.2) is 4.98 Å². The fraction of sp³-hybridized carbons (Fsp3) is 0.391. The topological polar surface area (TPSA) is 59.3 Å². The number of imidazole rings is 1. The third-order valence-corrected chi connectivity index (χ3v) is 5.75. The maximum absolute atomic E-state index is 13.0. The standard InChI is InChI=1S/C23H28N4O3/c1-16-7-8-27-20(17(2)24-22(27)13-16)15-25-9-11-26(12-10-25)23(28)19-6-5-18(29-3)14-21(19)30-4/h5-8,13-14H,9-12,15H2,1-4H3. The molecule has 1 aliphatic heterocycles. The summed E-state index contributed by atoms with van der Waals surface area (Å²) >= 11 is 0. The largest absolute Gasteiger partial charge is 0.497 e. The van der Waals surface area contributed by atoms with Crippen molar-refractivity contribution in [3.8, 4) is 11.5 Å². The van der Waals surface area contributed by atoms with Gasteiger partial charge in [0.2, 0.25) is 0 Å². The highest BCUT2D eigenvalue weighted by atomic mass is 16.5. The highest BCUT2D eigenvalue weighted by molar-refractivity contribution is 5.97. The molecule has 0 saturated carbocycles. The van der Waals surface area contributed by atoms with Crippen molar-refractivity contribution in [1.82, 2.24) is 19.2 Å². The molecule has 0 spiro atoms. The molecule has 7 nitrogen and oxygen atoms in total. The van der Waals surface area contributed by atoms with E-state index in [0.717, 1.165) is 31.0 Å². The first kappa shape index (κ1) is 20.2. The Morgan fingerprint density at radius 2 is 1.80 bits per heavy atom. The summed E-state index contributed by atoms with van der Waals surface area (Å²) in [4.78, 5) is 22.0. The van der Waals surface area contributed by atoms with Crippen LogP contribution in [0.5, 0.6) is 11.5 Å². The van der Waals surface area contributed by atoms with Gasteiger partial charge in [-0.15, -0.1) is 0 Å². The molecule has 7 heteroatoms. The number of carbonyl (C=O) groups is 1. The van der Waals surface area contributed by atoms with E-state index in [1.54, 1.807) is 32.4 Å². The van der Waals surface area contributed by atoms with Crippen LogP contribution in [0.25, 0.3) is 5.65 Å². The summed E-state index contributed by atoms with van der Waals surface area (Å²) in [6.07, 6.45) is 2.09. The van der Waals surface area contributed by atoms with E-state index in [1.165, 1.54) is 11.3 Å². The summed E-state index contributed by atoms with van der Waals surface area (Å²) in [5.41, 5.74) is 5.03. The lowest BCUT2D eigenvalue weighted by molar-refractivity contribution is 0.0623. The summed E-state index contributed by atoms with van der Waals surface area (Å²) in [5, 5.41) is 0. The summed E-state index contributed by atoms with van der Waals surface area (Å²) < 4.78 is 12.8. The number of amides is 1. The average molecular weight is 409 g/mol. The lowest BCUT2D eigenvalue weighted by atomic mass is 10.1. The molecule has 0 bridgehead atoms. The van der Waals surface area contributed by atoms with Crippen LogP contribution in [-0.4, -0.2) is 65.5 Å². The number of hydrogen-bond acceptors (Lipinski definition) is 5.